The van der Waals surface area contributed by atoms with E-state index in [-0.39, 0.29) is 47.2 Å². The third kappa shape index (κ3) is 21100. The number of carbonyl (C=O) groups excluding carboxylic acids is 2. The number of carbonyl (C=O) groups is 3. The maximum Gasteiger partial charge on any atom is 0.300 e. The van der Waals surface area contributed by atoms with Crippen molar-refractivity contribution < 1.29 is 76.9 Å². The second kappa shape index (κ2) is 23.0. The predicted octanol–water partition coefficient (Wildman–Crippen LogP) is -3.22. The zero-order valence-electron chi connectivity index (χ0n) is 7.99. The molecule has 0 spiro atoms. The summed E-state index contributed by atoms with van der Waals surface area (Å²) in [5.41, 5.74) is 0. The van der Waals surface area contributed by atoms with Gasteiger partial charge in [0.1, 0.15) is 0 Å². The van der Waals surface area contributed by atoms with Crippen molar-refractivity contribution in [3.05, 3.63) is 0 Å². The predicted molar refractivity (Wildman–Crippen MR) is 38.3 cm³/mol. The van der Waals surface area contributed by atoms with Crippen molar-refractivity contribution in [1.29, 1.82) is 0 Å². The molecule has 0 aromatic rings. The average Bonchev–Trinajstić information content (AvgIpc) is 1.54. The number of carboxylic acid groups (broad SMARTS) is 3. The van der Waals surface area contributed by atoms with Crippen LogP contribution in [0.3, 0.4) is 0 Å². The van der Waals surface area contributed by atoms with Gasteiger partial charge in [0.05, 0.1) is 0 Å². The number of hydrogen-bond acceptors (Lipinski definition) is 5. The molecule has 0 aromatic heterocycles. The molecule has 0 aliphatic heterocycles. The van der Waals surface area contributed by atoms with Gasteiger partial charge in [-0.05, 0) is 13.8 Å². The first kappa shape index (κ1) is 29.2. The van der Waals surface area contributed by atoms with Crippen molar-refractivity contribution >= 4 is 17.9 Å². The smallest absolute Gasteiger partial charge is 0.300 e. The number of carboxylic acids is 3. The van der Waals surface area contributed by atoms with E-state index in [1.54, 1.807) is 0 Å². The van der Waals surface area contributed by atoms with Gasteiger partial charge in [0, 0.05) is 60.6 Å². The van der Waals surface area contributed by atoms with Crippen LogP contribution in [-0.4, -0.2) is 28.5 Å². The van der Waals surface area contributed by atoms with Gasteiger partial charge in [-0.2, -0.15) is 0 Å². The minimum atomic E-state index is -1.08. The summed E-state index contributed by atoms with van der Waals surface area (Å²) < 4.78 is 0. The summed E-state index contributed by atoms with van der Waals surface area (Å²) in [5.74, 6) is -3.00. The molecule has 0 heterocycles. The van der Waals surface area contributed by atoms with E-state index in [0.717, 1.165) is 20.8 Å². The first-order chi connectivity index (χ1) is 5.20. The maximum absolute atomic E-state index is 9.00. The third-order valence-electron chi connectivity index (χ3n) is 0. The zero-order valence-corrected chi connectivity index (χ0v) is 11.1. The monoisotopic (exact) mass is 336 g/mol. The molecule has 0 saturated carbocycles. The van der Waals surface area contributed by atoms with Crippen LogP contribution in [0.5, 0.6) is 0 Å². The minimum absolute atomic E-state index is 0. The molecule has 0 amide bonds. The fraction of sp³-hybridized carbons (Fsp3) is 0.500. The standard InChI is InChI=1S/3C2H4O2.Ce.H2O/c3*1-2(3)4;;/h3*1H3,(H,3,4);;1H2/p-2. The van der Waals surface area contributed by atoms with Gasteiger partial charge in [-0.15, -0.1) is 0 Å². The van der Waals surface area contributed by atoms with Gasteiger partial charge in [0.2, 0.25) is 0 Å². The summed E-state index contributed by atoms with van der Waals surface area (Å²) in [7, 11) is 0. The SMILES string of the molecule is CC(=O)O.CC(=O)[O-].CC(=O)[O-].O.[Ce]. The Morgan fingerprint density at radius 1 is 0.929 bits per heavy atom. The Labute approximate surface area is 115 Å². The molecule has 3 N–H and O–H groups in total. The minimum Gasteiger partial charge on any atom is -0.550 e. The van der Waals surface area contributed by atoms with Crippen molar-refractivity contribution in [3.8, 4) is 0 Å². The van der Waals surface area contributed by atoms with E-state index in [4.69, 9.17) is 29.7 Å². The van der Waals surface area contributed by atoms with E-state index in [1.165, 1.54) is 0 Å². The van der Waals surface area contributed by atoms with Gasteiger partial charge < -0.3 is 30.4 Å². The first-order valence-corrected chi connectivity index (χ1v) is 2.74. The number of rotatable bonds is 0. The van der Waals surface area contributed by atoms with Crippen LogP contribution < -0.4 is 10.2 Å². The van der Waals surface area contributed by atoms with Gasteiger partial charge in [-0.3, -0.25) is 4.79 Å². The quantitative estimate of drug-likeness (QED) is 0.492. The molecule has 0 radical (unpaired) electrons. The Hall–Kier alpha value is -0.253. The summed E-state index contributed by atoms with van der Waals surface area (Å²) in [6.45, 7) is 3.03. The third-order valence-corrected chi connectivity index (χ3v) is 0. The molecule has 0 unspecified atom stereocenters. The Morgan fingerprint density at radius 2 is 0.929 bits per heavy atom. The summed E-state index contributed by atoms with van der Waals surface area (Å²) >= 11 is 0. The van der Waals surface area contributed by atoms with Crippen molar-refractivity contribution in [2.45, 2.75) is 20.8 Å². The summed E-state index contributed by atoms with van der Waals surface area (Å²) in [4.78, 5) is 26.8. The van der Waals surface area contributed by atoms with Crippen LogP contribution in [-0.2, 0) is 14.4 Å². The molecule has 8 heteroatoms. The Kier molecular flexibility index (Phi) is 47.9. The molecule has 0 saturated heterocycles. The second-order valence-electron chi connectivity index (χ2n) is 1.50. The van der Waals surface area contributed by atoms with Gasteiger partial charge in [0.25, 0.3) is 5.97 Å². The van der Waals surface area contributed by atoms with E-state index in [0.29, 0.717) is 0 Å². The topological polar surface area (TPSA) is 149 Å². The largest absolute Gasteiger partial charge is 0.550 e. The molecule has 0 rings (SSSR count). The molecular weight excluding hydrogens is 324 g/mol. The molecule has 14 heavy (non-hydrogen) atoms. The molecule has 0 atom stereocenters. The van der Waals surface area contributed by atoms with Gasteiger partial charge in [-0.1, -0.05) is 0 Å². The Bertz CT molecular complexity index is 116. The molecule has 0 bridgehead atoms. The van der Waals surface area contributed by atoms with Crippen molar-refractivity contribution in [1.82, 2.24) is 0 Å². The Balaban J connectivity index is -0.0000000270. The molecular formula is C6H12CeO7-2. The number of aliphatic carboxylic acids is 3. The normalized spacial score (nSPS) is 5.36. The maximum atomic E-state index is 9.00. The molecule has 0 aliphatic rings. The van der Waals surface area contributed by atoms with Gasteiger partial charge in [0.15, 0.2) is 0 Å². The van der Waals surface area contributed by atoms with Crippen molar-refractivity contribution in [2.75, 3.05) is 0 Å². The van der Waals surface area contributed by atoms with Crippen LogP contribution in [0, 0.1) is 41.7 Å². The van der Waals surface area contributed by atoms with E-state index in [1.807, 2.05) is 0 Å². The number of hydrogen-bond donors (Lipinski definition) is 1. The fourth-order valence-electron chi connectivity index (χ4n) is 0. The van der Waals surface area contributed by atoms with Crippen LogP contribution >= 0.6 is 0 Å². The van der Waals surface area contributed by atoms with Gasteiger partial charge in [-0.25, -0.2) is 0 Å². The van der Waals surface area contributed by atoms with Gasteiger partial charge >= 0.3 is 0 Å². The molecule has 0 aliphatic carbocycles. The van der Waals surface area contributed by atoms with Crippen molar-refractivity contribution in [2.24, 2.45) is 0 Å². The average molecular weight is 336 g/mol. The molecule has 84 valence electrons. The summed E-state index contributed by atoms with van der Waals surface area (Å²) in [6, 6.07) is 0. The van der Waals surface area contributed by atoms with Crippen LogP contribution in [0.1, 0.15) is 20.8 Å². The molecule has 7 nitrogen and oxygen atoms in total. The fourth-order valence-corrected chi connectivity index (χ4v) is 0. The second-order valence-corrected chi connectivity index (χ2v) is 1.50. The molecule has 0 aromatic carbocycles. The van der Waals surface area contributed by atoms with Crippen LogP contribution in [0.15, 0.2) is 0 Å². The van der Waals surface area contributed by atoms with E-state index in [9.17, 15) is 0 Å². The van der Waals surface area contributed by atoms with E-state index < -0.39 is 17.9 Å². The van der Waals surface area contributed by atoms with E-state index >= 15 is 0 Å². The van der Waals surface area contributed by atoms with E-state index in [2.05, 4.69) is 0 Å². The molecule has 0 fully saturated rings. The summed E-state index contributed by atoms with van der Waals surface area (Å²) in [6.07, 6.45) is 0. The Morgan fingerprint density at radius 3 is 0.929 bits per heavy atom. The van der Waals surface area contributed by atoms with Crippen LogP contribution in [0.4, 0.5) is 0 Å². The van der Waals surface area contributed by atoms with Crippen LogP contribution in [0.2, 0.25) is 0 Å². The van der Waals surface area contributed by atoms with Crippen molar-refractivity contribution in [3.63, 3.8) is 0 Å². The zero-order chi connectivity index (χ0) is 10.7. The first-order valence-electron chi connectivity index (χ1n) is 2.74. The summed E-state index contributed by atoms with van der Waals surface area (Å²) in [5, 5.41) is 25.2. The van der Waals surface area contributed by atoms with Crippen LogP contribution in [0.25, 0.3) is 0 Å².